The van der Waals surface area contributed by atoms with Gasteiger partial charge in [-0.2, -0.15) is 5.10 Å². The number of aromatic nitrogens is 3. The Bertz CT molecular complexity index is 1050. The maximum atomic E-state index is 13.4. The molecule has 3 saturated heterocycles. The van der Waals surface area contributed by atoms with Gasteiger partial charge in [0.1, 0.15) is 5.75 Å². The van der Waals surface area contributed by atoms with Crippen LogP contribution >= 0.6 is 0 Å². The SMILES string of the molecule is CCc1n[nH]c2nc(-c3ccc(O)cc3)cc(C(=O)N[C@H]3CN4CCC3CC4)c12. The van der Waals surface area contributed by atoms with Crippen molar-refractivity contribution in [3.8, 4) is 17.0 Å². The lowest BCUT2D eigenvalue weighted by Gasteiger charge is -2.44. The van der Waals surface area contributed by atoms with Crippen LogP contribution in [0.25, 0.3) is 22.3 Å². The van der Waals surface area contributed by atoms with Crippen molar-refractivity contribution in [2.75, 3.05) is 19.6 Å². The van der Waals surface area contributed by atoms with Crippen molar-refractivity contribution >= 4 is 16.9 Å². The molecule has 7 nitrogen and oxygen atoms in total. The van der Waals surface area contributed by atoms with Gasteiger partial charge in [-0.3, -0.25) is 9.89 Å². The van der Waals surface area contributed by atoms with E-state index in [-0.39, 0.29) is 17.7 Å². The normalized spacial score (nSPS) is 23.4. The number of benzene rings is 1. The van der Waals surface area contributed by atoms with Crippen LogP contribution in [-0.2, 0) is 6.42 Å². The molecule has 0 unspecified atom stereocenters. The van der Waals surface area contributed by atoms with Crippen LogP contribution in [0.3, 0.4) is 0 Å². The van der Waals surface area contributed by atoms with Crippen molar-refractivity contribution in [3.63, 3.8) is 0 Å². The Morgan fingerprint density at radius 3 is 2.69 bits per heavy atom. The van der Waals surface area contributed by atoms with Gasteiger partial charge in [-0.1, -0.05) is 6.92 Å². The molecule has 5 heterocycles. The average molecular weight is 391 g/mol. The number of H-pyrrole nitrogens is 1. The van der Waals surface area contributed by atoms with Crippen LogP contribution < -0.4 is 5.32 Å². The Hall–Kier alpha value is -2.93. The molecular weight excluding hydrogens is 366 g/mol. The number of phenols is 1. The molecule has 1 amide bonds. The summed E-state index contributed by atoms with van der Waals surface area (Å²) < 4.78 is 0. The first kappa shape index (κ1) is 18.1. The third kappa shape index (κ3) is 3.25. The summed E-state index contributed by atoms with van der Waals surface area (Å²) >= 11 is 0. The number of carbonyl (C=O) groups is 1. The number of pyridine rings is 1. The van der Waals surface area contributed by atoms with E-state index in [1.54, 1.807) is 24.3 Å². The summed E-state index contributed by atoms with van der Waals surface area (Å²) in [6.07, 6.45) is 3.03. The van der Waals surface area contributed by atoms with E-state index in [4.69, 9.17) is 0 Å². The predicted molar refractivity (Wildman–Crippen MR) is 111 cm³/mol. The molecule has 0 saturated carbocycles. The van der Waals surface area contributed by atoms with Gasteiger partial charge in [0, 0.05) is 18.2 Å². The van der Waals surface area contributed by atoms with E-state index >= 15 is 0 Å². The summed E-state index contributed by atoms with van der Waals surface area (Å²) in [7, 11) is 0. The minimum Gasteiger partial charge on any atom is -0.508 e. The quantitative estimate of drug-likeness (QED) is 0.636. The van der Waals surface area contributed by atoms with Gasteiger partial charge in [0.15, 0.2) is 5.65 Å². The fraction of sp³-hybridized carbons (Fsp3) is 0.409. The standard InChI is InChI=1S/C22H25N5O2/c1-2-17-20-16(22(29)24-19-12-27-9-7-14(19)8-10-27)11-18(23-21(20)26-25-17)13-3-5-15(28)6-4-13/h3-6,11,14,19,28H,2,7-10,12H2,1H3,(H,24,29)(H,23,25,26)/t19-/m0/s1. The van der Waals surface area contributed by atoms with Crippen LogP contribution in [0.5, 0.6) is 5.75 Å². The van der Waals surface area contributed by atoms with Gasteiger partial charge in [-0.05, 0) is 68.6 Å². The number of carbonyl (C=O) groups excluding carboxylic acids is 1. The number of aromatic hydroxyl groups is 1. The fourth-order valence-corrected chi connectivity index (χ4v) is 4.68. The molecule has 29 heavy (non-hydrogen) atoms. The number of nitrogens with zero attached hydrogens (tertiary/aromatic N) is 3. The van der Waals surface area contributed by atoms with E-state index in [0.29, 0.717) is 22.8 Å². The molecule has 7 heteroatoms. The lowest BCUT2D eigenvalue weighted by Crippen LogP contribution is -2.57. The zero-order chi connectivity index (χ0) is 20.0. The van der Waals surface area contributed by atoms with E-state index in [1.165, 1.54) is 0 Å². The molecule has 3 fully saturated rings. The first-order chi connectivity index (χ1) is 14.1. The van der Waals surface area contributed by atoms with E-state index in [0.717, 1.165) is 55.5 Å². The van der Waals surface area contributed by atoms with Gasteiger partial charge in [0.2, 0.25) is 0 Å². The Balaban J connectivity index is 1.54. The summed E-state index contributed by atoms with van der Waals surface area (Å²) in [6.45, 7) is 5.24. The highest BCUT2D eigenvalue weighted by Gasteiger charge is 2.35. The Morgan fingerprint density at radius 2 is 2.03 bits per heavy atom. The van der Waals surface area contributed by atoms with Crippen molar-refractivity contribution in [2.45, 2.75) is 32.2 Å². The number of hydrogen-bond acceptors (Lipinski definition) is 5. The molecule has 150 valence electrons. The van der Waals surface area contributed by atoms with Crippen molar-refractivity contribution in [3.05, 3.63) is 41.6 Å². The molecule has 1 aromatic carbocycles. The lowest BCUT2D eigenvalue weighted by atomic mass is 9.84. The second-order valence-corrected chi connectivity index (χ2v) is 8.07. The smallest absolute Gasteiger partial charge is 0.252 e. The number of piperidine rings is 3. The van der Waals surface area contributed by atoms with E-state index in [1.807, 2.05) is 13.0 Å². The van der Waals surface area contributed by atoms with Gasteiger partial charge < -0.3 is 15.3 Å². The summed E-state index contributed by atoms with van der Waals surface area (Å²) in [5.74, 6) is 0.699. The maximum Gasteiger partial charge on any atom is 0.252 e. The zero-order valence-corrected chi connectivity index (χ0v) is 16.5. The topological polar surface area (TPSA) is 94.1 Å². The van der Waals surface area contributed by atoms with Crippen molar-refractivity contribution in [1.29, 1.82) is 0 Å². The number of rotatable bonds is 4. The molecule has 2 aromatic heterocycles. The number of aromatic amines is 1. The number of phenolic OH excluding ortho intramolecular Hbond substituents is 1. The van der Waals surface area contributed by atoms with Crippen LogP contribution in [0.1, 0.15) is 35.8 Å². The number of amides is 1. The molecule has 0 aliphatic carbocycles. The molecule has 6 rings (SSSR count). The Morgan fingerprint density at radius 1 is 1.28 bits per heavy atom. The van der Waals surface area contributed by atoms with E-state index in [9.17, 15) is 9.90 Å². The molecule has 1 atom stereocenters. The number of hydrogen-bond donors (Lipinski definition) is 3. The molecular formula is C22H25N5O2. The Labute approximate surface area is 169 Å². The van der Waals surface area contributed by atoms with Gasteiger partial charge in [-0.15, -0.1) is 0 Å². The van der Waals surface area contributed by atoms with Crippen molar-refractivity contribution < 1.29 is 9.90 Å². The summed E-state index contributed by atoms with van der Waals surface area (Å²) in [4.78, 5) is 20.5. The average Bonchev–Trinajstić information content (AvgIpc) is 3.17. The van der Waals surface area contributed by atoms with E-state index < -0.39 is 0 Å². The van der Waals surface area contributed by atoms with Crippen molar-refractivity contribution in [2.24, 2.45) is 5.92 Å². The number of aryl methyl sites for hydroxylation is 1. The van der Waals surface area contributed by atoms with Crippen molar-refractivity contribution in [1.82, 2.24) is 25.4 Å². The predicted octanol–water partition coefficient (Wildman–Crippen LogP) is 2.72. The monoisotopic (exact) mass is 391 g/mol. The largest absolute Gasteiger partial charge is 0.508 e. The van der Waals surface area contributed by atoms with Gasteiger partial charge in [-0.25, -0.2) is 4.98 Å². The molecule has 3 N–H and O–H groups in total. The van der Waals surface area contributed by atoms with Crippen LogP contribution in [0, 0.1) is 5.92 Å². The summed E-state index contributed by atoms with van der Waals surface area (Å²) in [5.41, 5.74) is 3.60. The fourth-order valence-electron chi connectivity index (χ4n) is 4.68. The highest BCUT2D eigenvalue weighted by atomic mass is 16.3. The molecule has 0 spiro atoms. The molecule has 3 aliphatic heterocycles. The maximum absolute atomic E-state index is 13.4. The van der Waals surface area contributed by atoms with Gasteiger partial charge in [0.25, 0.3) is 5.91 Å². The van der Waals surface area contributed by atoms with Gasteiger partial charge in [0.05, 0.1) is 22.3 Å². The minimum absolute atomic E-state index is 0.0627. The highest BCUT2D eigenvalue weighted by molar-refractivity contribution is 6.07. The molecule has 2 bridgehead atoms. The van der Waals surface area contributed by atoms with E-state index in [2.05, 4.69) is 25.4 Å². The second kappa shape index (κ2) is 7.15. The first-order valence-corrected chi connectivity index (χ1v) is 10.3. The third-order valence-electron chi connectivity index (χ3n) is 6.32. The van der Waals surface area contributed by atoms with Crippen LogP contribution in [0.15, 0.2) is 30.3 Å². The first-order valence-electron chi connectivity index (χ1n) is 10.3. The molecule has 3 aromatic rings. The highest BCUT2D eigenvalue weighted by Crippen LogP contribution is 2.30. The molecule has 0 radical (unpaired) electrons. The van der Waals surface area contributed by atoms with Gasteiger partial charge >= 0.3 is 0 Å². The number of fused-ring (bicyclic) bond motifs is 4. The van der Waals surface area contributed by atoms with Crippen LogP contribution in [-0.4, -0.2) is 56.8 Å². The minimum atomic E-state index is -0.0627. The second-order valence-electron chi connectivity index (χ2n) is 8.07. The number of nitrogens with one attached hydrogen (secondary N) is 2. The third-order valence-corrected chi connectivity index (χ3v) is 6.32. The Kier molecular flexibility index (Phi) is 4.47. The summed E-state index contributed by atoms with van der Waals surface area (Å²) in [6, 6.07) is 8.89. The molecule has 3 aliphatic rings. The lowest BCUT2D eigenvalue weighted by molar-refractivity contribution is 0.0621. The summed E-state index contributed by atoms with van der Waals surface area (Å²) in [5, 5.41) is 21.0. The zero-order valence-electron chi connectivity index (χ0n) is 16.5. The van der Waals surface area contributed by atoms with Crippen LogP contribution in [0.2, 0.25) is 0 Å². The van der Waals surface area contributed by atoms with Crippen LogP contribution in [0.4, 0.5) is 0 Å².